The Morgan fingerprint density at radius 2 is 1.66 bits per heavy atom. The van der Waals surface area contributed by atoms with E-state index in [4.69, 9.17) is 13.7 Å². The summed E-state index contributed by atoms with van der Waals surface area (Å²) in [6, 6.07) is 14.4. The van der Waals surface area contributed by atoms with Gasteiger partial charge < -0.3 is 19.0 Å². The number of carbonyl (C=O) groups is 1. The first-order chi connectivity index (χ1) is 13.5. The van der Waals surface area contributed by atoms with Crippen LogP contribution in [0.1, 0.15) is 33.3 Å². The third-order valence-electron chi connectivity index (χ3n) is 4.10. The van der Waals surface area contributed by atoms with Gasteiger partial charge in [0, 0.05) is 7.11 Å². The van der Waals surface area contributed by atoms with E-state index < -0.39 is 27.4 Å². The zero-order valence-corrected chi connectivity index (χ0v) is 18.1. The Bertz CT molecular complexity index is 937. The molecule has 0 aliphatic heterocycles. The fraction of sp³-hybridized carbons (Fsp3) is 0.381. The molecule has 158 valence electrons. The van der Waals surface area contributed by atoms with Crippen LogP contribution in [0, 0.1) is 0 Å². The molecule has 1 unspecified atom stereocenters. The van der Waals surface area contributed by atoms with E-state index in [-0.39, 0.29) is 17.2 Å². The maximum Gasteiger partial charge on any atom is 0.407 e. The molecule has 8 heteroatoms. The first-order valence-corrected chi connectivity index (χ1v) is 10.5. The minimum absolute atomic E-state index is 0.0616. The number of hydrogen-bond donors (Lipinski definition) is 1. The number of amides is 1. The summed E-state index contributed by atoms with van der Waals surface area (Å²) in [5, 5.41) is 2.68. The standard InChI is InChI=1S/C21H27NO6S/c1-20(2,3)27-19(23)22-15-21(4,26-5)16-10-9-11-17(14-16)28-29(24,25)18-12-7-6-8-13-18/h6-14H,15H2,1-5H3,(H,22,23). The predicted molar refractivity (Wildman–Crippen MR) is 109 cm³/mol. The maximum absolute atomic E-state index is 12.5. The molecule has 0 radical (unpaired) electrons. The highest BCUT2D eigenvalue weighted by molar-refractivity contribution is 7.87. The van der Waals surface area contributed by atoms with Crippen molar-refractivity contribution in [2.45, 2.75) is 43.8 Å². The topological polar surface area (TPSA) is 90.9 Å². The van der Waals surface area contributed by atoms with E-state index in [9.17, 15) is 13.2 Å². The molecule has 29 heavy (non-hydrogen) atoms. The Labute approximate surface area is 172 Å². The molecule has 0 aromatic heterocycles. The number of ether oxygens (including phenoxy) is 2. The van der Waals surface area contributed by atoms with Gasteiger partial charge in [0.15, 0.2) is 0 Å². The lowest BCUT2D eigenvalue weighted by molar-refractivity contribution is -0.00297. The molecule has 0 heterocycles. The second-order valence-electron chi connectivity index (χ2n) is 7.67. The van der Waals surface area contributed by atoms with Crippen LogP contribution in [0.15, 0.2) is 59.5 Å². The van der Waals surface area contributed by atoms with Crippen LogP contribution in [-0.4, -0.2) is 33.8 Å². The fourth-order valence-corrected chi connectivity index (χ4v) is 3.43. The highest BCUT2D eigenvalue weighted by atomic mass is 32.2. The predicted octanol–water partition coefficient (Wildman–Crippen LogP) is 3.84. The lowest BCUT2D eigenvalue weighted by atomic mass is 9.95. The normalized spacial score (nSPS) is 14.0. The van der Waals surface area contributed by atoms with Crippen molar-refractivity contribution in [2.75, 3.05) is 13.7 Å². The highest BCUT2D eigenvalue weighted by Crippen LogP contribution is 2.28. The maximum atomic E-state index is 12.5. The summed E-state index contributed by atoms with van der Waals surface area (Å²) < 4.78 is 41.0. The van der Waals surface area contributed by atoms with Gasteiger partial charge in [-0.1, -0.05) is 30.3 Å². The number of alkyl carbamates (subject to hydrolysis) is 1. The molecule has 1 amide bonds. The van der Waals surface area contributed by atoms with Crippen LogP contribution in [0.2, 0.25) is 0 Å². The average Bonchev–Trinajstić information content (AvgIpc) is 2.65. The zero-order chi connectivity index (χ0) is 21.7. The molecule has 7 nitrogen and oxygen atoms in total. The quantitative estimate of drug-likeness (QED) is 0.683. The van der Waals surface area contributed by atoms with E-state index in [1.54, 1.807) is 70.2 Å². The van der Waals surface area contributed by atoms with Crippen LogP contribution in [0.25, 0.3) is 0 Å². The zero-order valence-electron chi connectivity index (χ0n) is 17.3. The molecule has 0 spiro atoms. The van der Waals surface area contributed by atoms with E-state index in [1.165, 1.54) is 19.2 Å². The summed E-state index contributed by atoms with van der Waals surface area (Å²) in [6.45, 7) is 7.21. The van der Waals surface area contributed by atoms with E-state index in [2.05, 4.69) is 5.32 Å². The fourth-order valence-electron chi connectivity index (χ4n) is 2.49. The Hall–Kier alpha value is -2.58. The lowest BCUT2D eigenvalue weighted by Crippen LogP contribution is -2.42. The summed E-state index contributed by atoms with van der Waals surface area (Å²) in [5.41, 5.74) is -0.906. The largest absolute Gasteiger partial charge is 0.444 e. The van der Waals surface area contributed by atoms with E-state index in [1.807, 2.05) is 0 Å². The van der Waals surface area contributed by atoms with Crippen LogP contribution in [0.4, 0.5) is 4.79 Å². The summed E-state index contributed by atoms with van der Waals surface area (Å²) in [4.78, 5) is 12.0. The Morgan fingerprint density at radius 3 is 2.24 bits per heavy atom. The van der Waals surface area contributed by atoms with Crippen molar-refractivity contribution in [3.05, 3.63) is 60.2 Å². The first-order valence-electron chi connectivity index (χ1n) is 9.07. The highest BCUT2D eigenvalue weighted by Gasteiger charge is 2.29. The van der Waals surface area contributed by atoms with Crippen LogP contribution in [-0.2, 0) is 25.2 Å². The Morgan fingerprint density at radius 1 is 1.00 bits per heavy atom. The first kappa shape index (κ1) is 22.7. The molecule has 1 N–H and O–H groups in total. The van der Waals surface area contributed by atoms with E-state index in [0.29, 0.717) is 5.56 Å². The second-order valence-corrected chi connectivity index (χ2v) is 9.22. The third-order valence-corrected chi connectivity index (χ3v) is 5.36. The SMILES string of the molecule is COC(C)(CNC(=O)OC(C)(C)C)c1cccc(OS(=O)(=O)c2ccccc2)c1. The van der Waals surface area contributed by atoms with Gasteiger partial charge in [0.25, 0.3) is 0 Å². The summed E-state index contributed by atoms with van der Waals surface area (Å²) in [7, 11) is -2.45. The van der Waals surface area contributed by atoms with Crippen LogP contribution in [0.3, 0.4) is 0 Å². The van der Waals surface area contributed by atoms with Crippen LogP contribution in [0.5, 0.6) is 5.75 Å². The second kappa shape index (κ2) is 8.84. The van der Waals surface area contributed by atoms with E-state index in [0.717, 1.165) is 0 Å². The van der Waals surface area contributed by atoms with Gasteiger partial charge >= 0.3 is 16.2 Å². The number of hydrogen-bond acceptors (Lipinski definition) is 6. The number of rotatable bonds is 7. The molecule has 0 saturated heterocycles. The number of carbonyl (C=O) groups excluding carboxylic acids is 1. The van der Waals surface area contributed by atoms with Gasteiger partial charge in [-0.2, -0.15) is 8.42 Å². The summed E-state index contributed by atoms with van der Waals surface area (Å²) >= 11 is 0. The van der Waals surface area contributed by atoms with Crippen LogP contribution >= 0.6 is 0 Å². The molecule has 0 bridgehead atoms. The number of methoxy groups -OCH3 is 1. The van der Waals surface area contributed by atoms with Crippen molar-refractivity contribution in [2.24, 2.45) is 0 Å². The Kier molecular flexibility index (Phi) is 6.92. The van der Waals surface area contributed by atoms with Crippen molar-refractivity contribution >= 4 is 16.2 Å². The minimum atomic E-state index is -3.96. The third kappa shape index (κ3) is 6.47. The van der Waals surface area contributed by atoms with Crippen molar-refractivity contribution in [1.29, 1.82) is 0 Å². The lowest BCUT2D eigenvalue weighted by Gasteiger charge is -2.30. The molecule has 1 atom stereocenters. The number of benzene rings is 2. The van der Waals surface area contributed by atoms with Gasteiger partial charge in [-0.25, -0.2) is 4.79 Å². The van der Waals surface area contributed by atoms with Gasteiger partial charge in [-0.3, -0.25) is 0 Å². The molecule has 2 aromatic carbocycles. The van der Waals surface area contributed by atoms with Gasteiger partial charge in [0.1, 0.15) is 21.8 Å². The molecule has 0 aliphatic rings. The molecule has 0 fully saturated rings. The molecule has 2 rings (SSSR count). The van der Waals surface area contributed by atoms with Gasteiger partial charge in [-0.15, -0.1) is 0 Å². The summed E-state index contributed by atoms with van der Waals surface area (Å²) in [5.74, 6) is 0.145. The Balaban J connectivity index is 2.18. The summed E-state index contributed by atoms with van der Waals surface area (Å²) in [6.07, 6.45) is -0.570. The van der Waals surface area contributed by atoms with Crippen molar-refractivity contribution in [3.63, 3.8) is 0 Å². The number of nitrogens with one attached hydrogen (secondary N) is 1. The van der Waals surface area contributed by atoms with Gasteiger partial charge in [-0.05, 0) is 57.5 Å². The molecular formula is C21H27NO6S. The van der Waals surface area contributed by atoms with Gasteiger partial charge in [0.2, 0.25) is 0 Å². The van der Waals surface area contributed by atoms with Crippen molar-refractivity contribution < 1.29 is 26.9 Å². The smallest absolute Gasteiger partial charge is 0.407 e. The van der Waals surface area contributed by atoms with Gasteiger partial charge in [0.05, 0.1) is 6.54 Å². The molecule has 2 aromatic rings. The molecule has 0 saturated carbocycles. The van der Waals surface area contributed by atoms with Crippen molar-refractivity contribution in [1.82, 2.24) is 5.32 Å². The van der Waals surface area contributed by atoms with Crippen molar-refractivity contribution in [3.8, 4) is 5.75 Å². The molecule has 0 aliphatic carbocycles. The van der Waals surface area contributed by atoms with E-state index >= 15 is 0 Å². The average molecular weight is 422 g/mol. The monoisotopic (exact) mass is 421 g/mol. The van der Waals surface area contributed by atoms with Crippen LogP contribution < -0.4 is 9.50 Å². The minimum Gasteiger partial charge on any atom is -0.444 e. The molecular weight excluding hydrogens is 394 g/mol.